The number of hydrogen-bond donors (Lipinski definition) is 0. The van der Waals surface area contributed by atoms with Crippen LogP contribution in [0.2, 0.25) is 0 Å². The maximum Gasteiger partial charge on any atom is 0.143 e. The second-order valence-corrected chi connectivity index (χ2v) is 6.92. The number of fused-ring (bicyclic) bond motifs is 3. The van der Waals surface area contributed by atoms with Crippen LogP contribution in [-0.4, -0.2) is 10.8 Å². The Morgan fingerprint density at radius 2 is 2.25 bits per heavy atom. The van der Waals surface area contributed by atoms with E-state index in [4.69, 9.17) is 0 Å². The van der Waals surface area contributed by atoms with Gasteiger partial charge in [-0.2, -0.15) is 0 Å². The Balaban J connectivity index is 1.53. The third kappa shape index (κ3) is 1.92. The maximum atomic E-state index is 12.5. The third-order valence-corrected chi connectivity index (χ3v) is 5.66. The lowest BCUT2D eigenvalue weighted by Gasteiger charge is -2.13. The molecular weight excluding hydrogens is 266 g/mol. The molecular formula is C17H17NOS. The van der Waals surface area contributed by atoms with E-state index in [-0.39, 0.29) is 5.92 Å². The highest BCUT2D eigenvalue weighted by Crippen LogP contribution is 2.60. The van der Waals surface area contributed by atoms with Crippen molar-refractivity contribution in [2.45, 2.75) is 32.1 Å². The van der Waals surface area contributed by atoms with Gasteiger partial charge in [0, 0.05) is 17.0 Å². The molecule has 2 nitrogen and oxygen atoms in total. The Labute approximate surface area is 122 Å². The van der Waals surface area contributed by atoms with Crippen LogP contribution in [0.4, 0.5) is 0 Å². The second kappa shape index (κ2) is 4.52. The summed E-state index contributed by atoms with van der Waals surface area (Å²) in [5, 5.41) is 3.00. The minimum absolute atomic E-state index is 0.253. The quantitative estimate of drug-likeness (QED) is 0.862. The zero-order valence-electron chi connectivity index (χ0n) is 11.5. The number of ketones is 1. The molecule has 2 aromatic rings. The molecule has 3 unspecified atom stereocenters. The summed E-state index contributed by atoms with van der Waals surface area (Å²) in [6.45, 7) is 1.98. The van der Waals surface area contributed by atoms with E-state index in [2.05, 4.69) is 29.2 Å². The fraction of sp³-hybridized carbons (Fsp3) is 0.412. The summed E-state index contributed by atoms with van der Waals surface area (Å²) in [7, 11) is 0. The largest absolute Gasteiger partial charge is 0.299 e. The lowest BCUT2D eigenvalue weighted by Crippen LogP contribution is -2.07. The van der Waals surface area contributed by atoms with Gasteiger partial charge in [-0.05, 0) is 42.7 Å². The van der Waals surface area contributed by atoms with Gasteiger partial charge in [-0.15, -0.1) is 11.3 Å². The van der Waals surface area contributed by atoms with Crippen molar-refractivity contribution in [1.82, 2.24) is 4.98 Å². The van der Waals surface area contributed by atoms with Crippen molar-refractivity contribution < 1.29 is 4.79 Å². The first-order valence-electron chi connectivity index (χ1n) is 7.25. The Bertz CT molecular complexity index is 675. The average molecular weight is 283 g/mol. The number of thiazole rings is 1. The molecule has 102 valence electrons. The van der Waals surface area contributed by atoms with Crippen LogP contribution >= 0.6 is 11.3 Å². The van der Waals surface area contributed by atoms with Crippen LogP contribution in [0.1, 0.15) is 34.2 Å². The van der Waals surface area contributed by atoms with Crippen molar-refractivity contribution in [3.63, 3.8) is 0 Å². The highest BCUT2D eigenvalue weighted by atomic mass is 32.1. The molecule has 0 saturated heterocycles. The van der Waals surface area contributed by atoms with Crippen LogP contribution in [0.25, 0.3) is 0 Å². The summed E-state index contributed by atoms with van der Waals surface area (Å²) in [6.07, 6.45) is 2.84. The van der Waals surface area contributed by atoms with Gasteiger partial charge in [0.1, 0.15) is 10.8 Å². The number of carbonyl (C=O) groups excluding carboxylic acids is 1. The Morgan fingerprint density at radius 3 is 3.05 bits per heavy atom. The SMILES string of the molecule is Cc1csc(CC(=O)C2C3CCc4ccccc4C32)n1. The second-order valence-electron chi connectivity index (χ2n) is 5.98. The smallest absolute Gasteiger partial charge is 0.143 e. The van der Waals surface area contributed by atoms with Crippen LogP contribution in [0.15, 0.2) is 29.6 Å². The van der Waals surface area contributed by atoms with Crippen molar-refractivity contribution in [1.29, 1.82) is 0 Å². The van der Waals surface area contributed by atoms with E-state index in [1.54, 1.807) is 11.3 Å². The first-order chi connectivity index (χ1) is 9.74. The molecule has 0 N–H and O–H groups in total. The lowest BCUT2D eigenvalue weighted by atomic mass is 9.92. The van der Waals surface area contributed by atoms with Gasteiger partial charge in [0.2, 0.25) is 0 Å². The van der Waals surface area contributed by atoms with Crippen LogP contribution in [-0.2, 0) is 17.6 Å². The summed E-state index contributed by atoms with van der Waals surface area (Å²) in [5.41, 5.74) is 3.91. The first kappa shape index (κ1) is 12.3. The molecule has 1 fully saturated rings. The maximum absolute atomic E-state index is 12.5. The van der Waals surface area contributed by atoms with E-state index in [1.165, 1.54) is 17.5 Å². The number of nitrogens with zero attached hydrogens (tertiary/aromatic N) is 1. The number of benzene rings is 1. The van der Waals surface area contributed by atoms with Gasteiger partial charge in [-0.3, -0.25) is 4.79 Å². The van der Waals surface area contributed by atoms with E-state index >= 15 is 0 Å². The monoisotopic (exact) mass is 283 g/mol. The minimum Gasteiger partial charge on any atom is -0.299 e. The number of aromatic nitrogens is 1. The average Bonchev–Trinajstić information content (AvgIpc) is 3.08. The van der Waals surface area contributed by atoms with Crippen molar-refractivity contribution in [2.24, 2.45) is 11.8 Å². The van der Waals surface area contributed by atoms with E-state index < -0.39 is 0 Å². The standard InChI is InChI=1S/C17H17NOS/c1-10-9-20-15(18-10)8-14(19)17-13-7-6-11-4-2-3-5-12(11)16(13)17/h2-5,9,13,16-17H,6-8H2,1H3. The van der Waals surface area contributed by atoms with Gasteiger partial charge < -0.3 is 0 Å². The molecule has 2 aliphatic rings. The number of Topliss-reactive ketones (excluding diaryl/α,β-unsaturated/α-hetero) is 1. The molecule has 0 amide bonds. The zero-order valence-corrected chi connectivity index (χ0v) is 12.3. The molecule has 1 aromatic heterocycles. The van der Waals surface area contributed by atoms with Crippen molar-refractivity contribution in [3.05, 3.63) is 51.5 Å². The lowest BCUT2D eigenvalue weighted by molar-refractivity contribution is -0.120. The Kier molecular flexibility index (Phi) is 2.77. The predicted molar refractivity (Wildman–Crippen MR) is 80.0 cm³/mol. The highest BCUT2D eigenvalue weighted by Gasteiger charge is 2.56. The van der Waals surface area contributed by atoms with E-state index in [9.17, 15) is 4.79 Å². The summed E-state index contributed by atoms with van der Waals surface area (Å²) in [5.74, 6) is 1.74. The van der Waals surface area contributed by atoms with Crippen LogP contribution in [0, 0.1) is 18.8 Å². The molecule has 1 aromatic carbocycles. The summed E-state index contributed by atoms with van der Waals surface area (Å²) in [4.78, 5) is 16.9. The molecule has 0 radical (unpaired) electrons. The van der Waals surface area contributed by atoms with Gasteiger partial charge in [-0.1, -0.05) is 24.3 Å². The molecule has 2 aliphatic carbocycles. The van der Waals surface area contributed by atoms with E-state index in [1.807, 2.05) is 12.3 Å². The molecule has 1 saturated carbocycles. The molecule has 0 aliphatic heterocycles. The normalized spacial score (nSPS) is 26.8. The Morgan fingerprint density at radius 1 is 1.40 bits per heavy atom. The molecule has 3 atom stereocenters. The van der Waals surface area contributed by atoms with Crippen molar-refractivity contribution in [2.75, 3.05) is 0 Å². The summed E-state index contributed by atoms with van der Waals surface area (Å²) in [6, 6.07) is 8.64. The number of aryl methyl sites for hydroxylation is 2. The van der Waals surface area contributed by atoms with E-state index in [0.717, 1.165) is 17.1 Å². The molecule has 3 heteroatoms. The minimum atomic E-state index is 0.253. The molecule has 0 spiro atoms. The number of rotatable bonds is 3. The van der Waals surface area contributed by atoms with E-state index in [0.29, 0.717) is 24.0 Å². The fourth-order valence-corrected chi connectivity index (χ4v) is 4.54. The van der Waals surface area contributed by atoms with Crippen LogP contribution < -0.4 is 0 Å². The first-order valence-corrected chi connectivity index (χ1v) is 8.13. The van der Waals surface area contributed by atoms with Crippen LogP contribution in [0.3, 0.4) is 0 Å². The topological polar surface area (TPSA) is 30.0 Å². The third-order valence-electron chi connectivity index (χ3n) is 4.69. The molecule has 1 heterocycles. The van der Waals surface area contributed by atoms with Crippen molar-refractivity contribution in [3.8, 4) is 0 Å². The Hall–Kier alpha value is -1.48. The predicted octanol–water partition coefficient (Wildman–Crippen LogP) is 3.54. The number of carbonyl (C=O) groups is 1. The van der Waals surface area contributed by atoms with Gasteiger partial charge in [0.15, 0.2) is 0 Å². The van der Waals surface area contributed by atoms with Crippen molar-refractivity contribution >= 4 is 17.1 Å². The molecule has 20 heavy (non-hydrogen) atoms. The molecule has 4 rings (SSSR count). The van der Waals surface area contributed by atoms with Gasteiger partial charge in [0.05, 0.1) is 6.42 Å². The number of hydrogen-bond acceptors (Lipinski definition) is 3. The van der Waals surface area contributed by atoms with Crippen LogP contribution in [0.5, 0.6) is 0 Å². The van der Waals surface area contributed by atoms with Gasteiger partial charge in [-0.25, -0.2) is 4.98 Å². The summed E-state index contributed by atoms with van der Waals surface area (Å²) < 4.78 is 0. The fourth-order valence-electron chi connectivity index (χ4n) is 3.76. The highest BCUT2D eigenvalue weighted by molar-refractivity contribution is 7.09. The molecule has 0 bridgehead atoms. The zero-order chi connectivity index (χ0) is 13.7. The van der Waals surface area contributed by atoms with Gasteiger partial charge in [0.25, 0.3) is 0 Å². The summed E-state index contributed by atoms with van der Waals surface area (Å²) >= 11 is 1.61. The van der Waals surface area contributed by atoms with Gasteiger partial charge >= 0.3 is 0 Å².